The summed E-state index contributed by atoms with van der Waals surface area (Å²) < 4.78 is 10.2. The number of ether oxygens (including phenoxy) is 2. The summed E-state index contributed by atoms with van der Waals surface area (Å²) in [6, 6.07) is 0. The van der Waals surface area contributed by atoms with Gasteiger partial charge in [0.25, 0.3) is 5.97 Å². The van der Waals surface area contributed by atoms with Crippen molar-refractivity contribution in [1.82, 2.24) is 0 Å². The van der Waals surface area contributed by atoms with Crippen LogP contribution in [0, 0.1) is 0 Å². The van der Waals surface area contributed by atoms with Gasteiger partial charge in [0.1, 0.15) is 0 Å². The Bertz CT molecular complexity index is 335. The first kappa shape index (κ1) is 26.6. The van der Waals surface area contributed by atoms with Crippen LogP contribution in [0.1, 0.15) is 105 Å². The van der Waals surface area contributed by atoms with Gasteiger partial charge in [-0.2, -0.15) is 0 Å². The number of carboxylic acids is 1. The lowest BCUT2D eigenvalue weighted by molar-refractivity contribution is -0.184. The van der Waals surface area contributed by atoms with Crippen LogP contribution in [-0.2, 0) is 23.9 Å². The number of esters is 2. The molecule has 0 aromatic carbocycles. The third kappa shape index (κ3) is 24.7. The maximum Gasteiger partial charge on any atom is 0.308 e. The number of rotatable bonds is 14. The fraction of sp³-hybridized carbons (Fsp3) is 0.850. The molecule has 0 bridgehead atoms. The third-order valence-electron chi connectivity index (χ3n) is 3.56. The highest BCUT2D eigenvalue weighted by atomic mass is 16.7. The van der Waals surface area contributed by atoms with E-state index in [0.29, 0.717) is 12.8 Å². The molecule has 0 unspecified atom stereocenters. The van der Waals surface area contributed by atoms with Gasteiger partial charge < -0.3 is 14.6 Å². The van der Waals surface area contributed by atoms with E-state index in [1.807, 2.05) is 0 Å². The molecule has 0 spiro atoms. The fourth-order valence-corrected chi connectivity index (χ4v) is 2.26. The molecule has 0 fully saturated rings. The average molecular weight is 375 g/mol. The summed E-state index contributed by atoms with van der Waals surface area (Å²) in [4.78, 5) is 32.2. The van der Waals surface area contributed by atoms with E-state index in [9.17, 15) is 9.59 Å². The summed E-state index contributed by atoms with van der Waals surface area (Å²) in [7, 11) is 0. The van der Waals surface area contributed by atoms with E-state index in [-0.39, 0.29) is 11.9 Å². The molecule has 26 heavy (non-hydrogen) atoms. The molecule has 0 atom stereocenters. The number of unbranched alkanes of at least 4 members (excludes halogenated alkanes) is 8. The first-order valence-electron chi connectivity index (χ1n) is 9.91. The first-order valence-corrected chi connectivity index (χ1v) is 9.91. The van der Waals surface area contributed by atoms with Crippen LogP contribution in [-0.4, -0.2) is 29.3 Å². The zero-order chi connectivity index (χ0) is 20.2. The maximum atomic E-state index is 11.6. The largest absolute Gasteiger partial charge is 0.481 e. The van der Waals surface area contributed by atoms with E-state index in [4.69, 9.17) is 19.4 Å². The summed E-state index contributed by atoms with van der Waals surface area (Å²) >= 11 is 0. The summed E-state index contributed by atoms with van der Waals surface area (Å²) in [5, 5.41) is 7.42. The van der Waals surface area contributed by atoms with E-state index >= 15 is 0 Å². The van der Waals surface area contributed by atoms with Gasteiger partial charge >= 0.3 is 11.9 Å². The van der Waals surface area contributed by atoms with E-state index in [0.717, 1.165) is 45.4 Å². The summed E-state index contributed by atoms with van der Waals surface area (Å²) in [6.07, 6.45) is 10.9. The zero-order valence-electron chi connectivity index (χ0n) is 17.1. The first-order chi connectivity index (χ1) is 12.3. The molecule has 0 aliphatic heterocycles. The number of carbonyl (C=O) groups is 3. The number of hydrogen-bond acceptors (Lipinski definition) is 5. The van der Waals surface area contributed by atoms with Gasteiger partial charge in [0.05, 0.1) is 0 Å². The van der Waals surface area contributed by atoms with E-state index in [1.165, 1.54) is 25.7 Å². The highest BCUT2D eigenvalue weighted by Gasteiger charge is 2.13. The van der Waals surface area contributed by atoms with Crippen LogP contribution in [0.25, 0.3) is 0 Å². The smallest absolute Gasteiger partial charge is 0.308 e. The predicted octanol–water partition coefficient (Wildman–Crippen LogP) is 5.23. The number of carboxylic acid groups (broad SMARTS) is 1. The molecule has 6 nitrogen and oxygen atoms in total. The van der Waals surface area contributed by atoms with Crippen LogP contribution >= 0.6 is 0 Å². The van der Waals surface area contributed by atoms with Gasteiger partial charge in [-0.05, 0) is 12.8 Å². The Morgan fingerprint density at radius 3 is 1.35 bits per heavy atom. The summed E-state index contributed by atoms with van der Waals surface area (Å²) in [6.45, 7) is 7.01. The van der Waals surface area contributed by atoms with Gasteiger partial charge in [-0.25, -0.2) is 0 Å². The molecule has 0 heterocycles. The minimum Gasteiger partial charge on any atom is -0.481 e. The van der Waals surface area contributed by atoms with Crippen molar-refractivity contribution < 1.29 is 29.0 Å². The second kappa shape index (κ2) is 19.7. The minimum absolute atomic E-state index is 0.278. The SMILES string of the molecule is CC(=O)O.CCCCCCCC(=O)OC(C)OC(=O)CCCCCCC. The Hall–Kier alpha value is -1.59. The summed E-state index contributed by atoms with van der Waals surface area (Å²) in [5.74, 6) is -1.39. The number of carbonyl (C=O) groups excluding carboxylic acids is 2. The molecular weight excluding hydrogens is 336 g/mol. The molecule has 0 aliphatic carbocycles. The van der Waals surface area contributed by atoms with Gasteiger partial charge in [0.15, 0.2) is 0 Å². The Morgan fingerprint density at radius 1 is 0.731 bits per heavy atom. The van der Waals surface area contributed by atoms with Gasteiger partial charge in [-0.1, -0.05) is 65.2 Å². The van der Waals surface area contributed by atoms with E-state index in [2.05, 4.69) is 13.8 Å². The molecule has 0 radical (unpaired) electrons. The Labute approximate surface area is 158 Å². The molecule has 0 amide bonds. The Kier molecular flexibility index (Phi) is 20.2. The van der Waals surface area contributed by atoms with Gasteiger partial charge in [-0.15, -0.1) is 0 Å². The molecule has 0 saturated heterocycles. The zero-order valence-corrected chi connectivity index (χ0v) is 17.1. The second-order valence-electron chi connectivity index (χ2n) is 6.39. The van der Waals surface area contributed by atoms with Crippen molar-refractivity contribution in [3.63, 3.8) is 0 Å². The van der Waals surface area contributed by atoms with Crippen molar-refractivity contribution in [2.24, 2.45) is 0 Å². The topological polar surface area (TPSA) is 89.9 Å². The van der Waals surface area contributed by atoms with Crippen LogP contribution in [0.4, 0.5) is 0 Å². The highest BCUT2D eigenvalue weighted by molar-refractivity contribution is 5.71. The van der Waals surface area contributed by atoms with Crippen LogP contribution < -0.4 is 0 Å². The molecule has 154 valence electrons. The fourth-order valence-electron chi connectivity index (χ4n) is 2.26. The predicted molar refractivity (Wildman–Crippen MR) is 102 cm³/mol. The van der Waals surface area contributed by atoms with E-state index < -0.39 is 12.3 Å². The molecule has 0 aromatic rings. The van der Waals surface area contributed by atoms with Crippen molar-refractivity contribution in [1.29, 1.82) is 0 Å². The van der Waals surface area contributed by atoms with Crippen molar-refractivity contribution in [2.75, 3.05) is 0 Å². The lowest BCUT2D eigenvalue weighted by Crippen LogP contribution is -2.21. The van der Waals surface area contributed by atoms with E-state index in [1.54, 1.807) is 6.92 Å². The minimum atomic E-state index is -0.833. The van der Waals surface area contributed by atoms with Crippen molar-refractivity contribution in [3.05, 3.63) is 0 Å². The van der Waals surface area contributed by atoms with Crippen LogP contribution in [0.3, 0.4) is 0 Å². The van der Waals surface area contributed by atoms with Crippen LogP contribution in [0.5, 0.6) is 0 Å². The average Bonchev–Trinajstić information content (AvgIpc) is 2.53. The number of hydrogen-bond donors (Lipinski definition) is 1. The van der Waals surface area contributed by atoms with Gasteiger partial charge in [-0.3, -0.25) is 14.4 Å². The molecule has 0 aliphatic rings. The molecule has 6 heteroatoms. The third-order valence-corrected chi connectivity index (χ3v) is 3.56. The van der Waals surface area contributed by atoms with Gasteiger partial charge in [0, 0.05) is 26.7 Å². The summed E-state index contributed by atoms with van der Waals surface area (Å²) in [5.41, 5.74) is 0. The highest BCUT2D eigenvalue weighted by Crippen LogP contribution is 2.09. The lowest BCUT2D eigenvalue weighted by Gasteiger charge is -2.14. The molecule has 0 rings (SSSR count). The van der Waals surface area contributed by atoms with Gasteiger partial charge in [0.2, 0.25) is 6.29 Å². The van der Waals surface area contributed by atoms with Crippen molar-refractivity contribution in [2.45, 2.75) is 111 Å². The molecule has 0 saturated carbocycles. The van der Waals surface area contributed by atoms with Crippen LogP contribution in [0.2, 0.25) is 0 Å². The van der Waals surface area contributed by atoms with Crippen molar-refractivity contribution >= 4 is 17.9 Å². The Morgan fingerprint density at radius 2 is 1.04 bits per heavy atom. The Balaban J connectivity index is 0. The molecule has 0 aromatic heterocycles. The second-order valence-corrected chi connectivity index (χ2v) is 6.39. The standard InChI is InChI=1S/C18H34O4.C2H4O2/c1-4-6-8-10-12-14-17(19)21-16(3)22-18(20)15-13-11-9-7-5-2;1-2(3)4/h16H,4-15H2,1-3H3;1H3,(H,3,4). The lowest BCUT2D eigenvalue weighted by atomic mass is 10.1. The molecule has 1 N–H and O–H groups in total. The van der Waals surface area contributed by atoms with Crippen LogP contribution in [0.15, 0.2) is 0 Å². The van der Waals surface area contributed by atoms with Crippen molar-refractivity contribution in [3.8, 4) is 0 Å². The molecular formula is C20H38O6. The number of aliphatic carboxylic acids is 1. The normalized spacial score (nSPS) is 10.0. The monoisotopic (exact) mass is 374 g/mol. The maximum absolute atomic E-state index is 11.6. The quantitative estimate of drug-likeness (QED) is 0.254.